The van der Waals surface area contributed by atoms with Crippen molar-refractivity contribution >= 4 is 14.2 Å². The molecular weight excluding hydrogens is 423 g/mol. The molecule has 0 bridgehead atoms. The van der Waals surface area contributed by atoms with E-state index in [0.717, 1.165) is 10.6 Å². The number of esters is 1. The number of hydrogen-bond donors (Lipinski definition) is 3. The predicted octanol–water partition coefficient (Wildman–Crippen LogP) is -0.174. The van der Waals surface area contributed by atoms with Crippen LogP contribution in [0.15, 0.2) is 21.9 Å². The van der Waals surface area contributed by atoms with E-state index in [1.165, 1.54) is 6.20 Å². The molecule has 0 spiro atoms. The maximum atomic E-state index is 11.9. The number of rotatable bonds is 11. The summed E-state index contributed by atoms with van der Waals surface area (Å²) in [5, 5.41) is 19.9. The molecule has 30 heavy (non-hydrogen) atoms. The minimum Gasteiger partial charge on any atom is -0.463 e. The highest BCUT2D eigenvalue weighted by Crippen LogP contribution is 2.35. The Morgan fingerprint density at radius 1 is 1.37 bits per heavy atom. The maximum absolute atomic E-state index is 11.9. The molecule has 3 N–H and O–H groups in total. The molecule has 2 heterocycles. The largest absolute Gasteiger partial charge is 0.697 e. The van der Waals surface area contributed by atoms with Gasteiger partial charge in [0.05, 0.1) is 18.8 Å². The van der Waals surface area contributed by atoms with Gasteiger partial charge in [0, 0.05) is 29.2 Å². The maximum Gasteiger partial charge on any atom is 0.697 e. The zero-order valence-electron chi connectivity index (χ0n) is 16.6. The van der Waals surface area contributed by atoms with Gasteiger partial charge in [0.1, 0.15) is 19.3 Å². The molecule has 12 nitrogen and oxygen atoms in total. The molecule has 1 aliphatic rings. The number of aliphatic hydroxyl groups is 2. The van der Waals surface area contributed by atoms with E-state index in [1.54, 1.807) is 13.8 Å². The highest BCUT2D eigenvalue weighted by molar-refractivity contribution is 7.33. The van der Waals surface area contributed by atoms with Gasteiger partial charge in [0.25, 0.3) is 5.56 Å². The molecule has 0 radical (unpaired) electrons. The number of nitrogens with one attached hydrogen (secondary N) is 1. The fourth-order valence-corrected chi connectivity index (χ4v) is 3.51. The van der Waals surface area contributed by atoms with Crippen LogP contribution in [0.5, 0.6) is 0 Å². The van der Waals surface area contributed by atoms with Crippen LogP contribution < -0.4 is 11.2 Å². The number of carbonyl (C=O) groups is 1. The molecule has 0 aliphatic carbocycles. The first-order valence-corrected chi connectivity index (χ1v) is 10.5. The summed E-state index contributed by atoms with van der Waals surface area (Å²) in [5.74, 6) is -1.20. The van der Waals surface area contributed by atoms with Crippen molar-refractivity contribution in [1.82, 2.24) is 9.55 Å². The number of ether oxygens (including phenoxy) is 2. The standard InChI is InChI=1S/C17H25N2O10P/c1-10(2)28-14(22)4-3-7-26-30(25)27-9-12-11(8-20)15(23)16(29-12)19-6-5-13(21)18-17(19)24/h5-6,10-12,15-16,20,23H,3-4,7-9H2,1-2H3/p+1/t11-,12-,15-,16-/m1/s1. The van der Waals surface area contributed by atoms with Crippen LogP contribution in [0.1, 0.15) is 32.9 Å². The number of aromatic amines is 1. The number of aliphatic hydroxyl groups excluding tert-OH is 2. The van der Waals surface area contributed by atoms with Gasteiger partial charge in [-0.05, 0) is 20.3 Å². The minimum absolute atomic E-state index is 0.00930. The van der Waals surface area contributed by atoms with E-state index in [1.807, 2.05) is 4.98 Å². The predicted molar refractivity (Wildman–Crippen MR) is 102 cm³/mol. The summed E-state index contributed by atoms with van der Waals surface area (Å²) >= 11 is 0. The fraction of sp³-hybridized carbons (Fsp3) is 0.706. The van der Waals surface area contributed by atoms with Crippen molar-refractivity contribution in [3.63, 3.8) is 0 Å². The summed E-state index contributed by atoms with van der Waals surface area (Å²) in [4.78, 5) is 36.6. The van der Waals surface area contributed by atoms with Crippen molar-refractivity contribution in [3.8, 4) is 0 Å². The highest BCUT2D eigenvalue weighted by atomic mass is 31.1. The molecule has 5 atom stereocenters. The van der Waals surface area contributed by atoms with Gasteiger partial charge in [-0.25, -0.2) is 4.79 Å². The molecule has 1 unspecified atom stereocenters. The Hall–Kier alpha value is -1.95. The molecule has 168 valence electrons. The van der Waals surface area contributed by atoms with Gasteiger partial charge < -0.3 is 19.7 Å². The van der Waals surface area contributed by atoms with Crippen LogP contribution in [-0.4, -0.2) is 63.9 Å². The fourth-order valence-electron chi connectivity index (χ4n) is 2.89. The summed E-state index contributed by atoms with van der Waals surface area (Å²) in [5.41, 5.74) is -1.39. The zero-order chi connectivity index (χ0) is 22.3. The molecule has 1 fully saturated rings. The molecule has 2 rings (SSSR count). The molecule has 13 heteroatoms. The number of carbonyl (C=O) groups excluding carboxylic acids is 1. The molecule has 0 aromatic carbocycles. The molecular formula is C17H26N2O10P+. The highest BCUT2D eigenvalue weighted by Gasteiger charge is 2.46. The van der Waals surface area contributed by atoms with Crippen LogP contribution in [0.3, 0.4) is 0 Å². The van der Waals surface area contributed by atoms with E-state index in [-0.39, 0.29) is 31.7 Å². The van der Waals surface area contributed by atoms with Gasteiger partial charge >= 0.3 is 19.9 Å². The first-order valence-electron chi connectivity index (χ1n) is 9.41. The normalized spacial score (nSPS) is 24.2. The van der Waals surface area contributed by atoms with E-state index in [2.05, 4.69) is 0 Å². The lowest BCUT2D eigenvalue weighted by molar-refractivity contribution is -0.147. The molecule has 1 aromatic heterocycles. The van der Waals surface area contributed by atoms with Crippen molar-refractivity contribution in [2.24, 2.45) is 5.92 Å². The Labute approximate surface area is 172 Å². The Morgan fingerprint density at radius 2 is 2.10 bits per heavy atom. The van der Waals surface area contributed by atoms with E-state index >= 15 is 0 Å². The van der Waals surface area contributed by atoms with E-state index in [9.17, 15) is 29.2 Å². The average Bonchev–Trinajstić information content (AvgIpc) is 2.98. The van der Waals surface area contributed by atoms with E-state index in [0.29, 0.717) is 6.42 Å². The second-order valence-electron chi connectivity index (χ2n) is 6.91. The van der Waals surface area contributed by atoms with Gasteiger partial charge in [-0.15, -0.1) is 9.05 Å². The summed E-state index contributed by atoms with van der Waals surface area (Å²) in [6.45, 7) is 2.73. The number of nitrogens with zero attached hydrogens (tertiary/aromatic N) is 1. The summed E-state index contributed by atoms with van der Waals surface area (Å²) < 4.78 is 33.5. The Balaban J connectivity index is 1.82. The SMILES string of the molecule is CC(C)OC(=O)CCCO[P+](=O)OC[C@H]1O[C@@H](n2ccc(=O)[nH]c2=O)[C@H](O)[C@@H]1CO. The van der Waals surface area contributed by atoms with Gasteiger partial charge in [-0.2, -0.15) is 0 Å². The first-order chi connectivity index (χ1) is 14.2. The van der Waals surface area contributed by atoms with Crippen molar-refractivity contribution in [2.45, 2.75) is 51.2 Å². The lowest BCUT2D eigenvalue weighted by Crippen LogP contribution is -2.36. The van der Waals surface area contributed by atoms with Crippen molar-refractivity contribution in [3.05, 3.63) is 33.1 Å². The quantitative estimate of drug-likeness (QED) is 0.234. The minimum atomic E-state index is -2.52. The molecule has 1 saturated heterocycles. The second-order valence-corrected chi connectivity index (χ2v) is 7.88. The third-order valence-corrected chi connectivity index (χ3v) is 5.05. The van der Waals surface area contributed by atoms with Gasteiger partial charge in [0.15, 0.2) is 6.23 Å². The van der Waals surface area contributed by atoms with E-state index in [4.69, 9.17) is 18.5 Å². The topological polar surface area (TPSA) is 166 Å². The first kappa shape index (κ1) is 24.3. The van der Waals surface area contributed by atoms with Gasteiger partial charge in [-0.1, -0.05) is 0 Å². The van der Waals surface area contributed by atoms with Gasteiger partial charge in [0.2, 0.25) is 0 Å². The van der Waals surface area contributed by atoms with E-state index < -0.39 is 50.5 Å². The lowest BCUT2D eigenvalue weighted by Gasteiger charge is -2.17. The van der Waals surface area contributed by atoms with Crippen molar-refractivity contribution < 1.29 is 38.1 Å². The summed E-state index contributed by atoms with van der Waals surface area (Å²) in [6, 6.07) is 1.09. The van der Waals surface area contributed by atoms with Crippen LogP contribution in [0.4, 0.5) is 0 Å². The van der Waals surface area contributed by atoms with Gasteiger partial charge in [-0.3, -0.25) is 19.1 Å². The Kier molecular flexibility index (Phi) is 9.28. The van der Waals surface area contributed by atoms with Crippen LogP contribution in [0.2, 0.25) is 0 Å². The monoisotopic (exact) mass is 449 g/mol. The zero-order valence-corrected chi connectivity index (χ0v) is 17.5. The Morgan fingerprint density at radius 3 is 2.73 bits per heavy atom. The number of hydrogen-bond acceptors (Lipinski definition) is 10. The number of aromatic nitrogens is 2. The van der Waals surface area contributed by atoms with Crippen LogP contribution in [0, 0.1) is 5.92 Å². The third-order valence-electron chi connectivity index (χ3n) is 4.29. The van der Waals surface area contributed by atoms with Crippen LogP contribution in [-0.2, 0) is 27.9 Å². The van der Waals surface area contributed by atoms with Crippen molar-refractivity contribution in [1.29, 1.82) is 0 Å². The summed E-state index contributed by atoms with van der Waals surface area (Å²) in [6.07, 6.45) is -1.94. The molecule has 1 aromatic rings. The third kappa shape index (κ3) is 6.79. The molecule has 0 amide bonds. The second kappa shape index (κ2) is 11.4. The van der Waals surface area contributed by atoms with Crippen molar-refractivity contribution in [2.75, 3.05) is 19.8 Å². The number of H-pyrrole nitrogens is 1. The Bertz CT molecular complexity index is 838. The van der Waals surface area contributed by atoms with Crippen LogP contribution in [0.25, 0.3) is 0 Å². The summed E-state index contributed by atoms with van der Waals surface area (Å²) in [7, 11) is -2.52. The lowest BCUT2D eigenvalue weighted by atomic mass is 9.99. The molecule has 0 saturated carbocycles. The van der Waals surface area contributed by atoms with Crippen LogP contribution >= 0.6 is 8.25 Å². The molecule has 1 aliphatic heterocycles. The smallest absolute Gasteiger partial charge is 0.463 e. The average molecular weight is 449 g/mol.